The highest BCUT2D eigenvalue weighted by Crippen LogP contribution is 2.22. The molecule has 1 unspecified atom stereocenters. The molecule has 64 valence electrons. The monoisotopic (exact) mass is 179 g/mol. The molecule has 11 heavy (non-hydrogen) atoms. The third-order valence-electron chi connectivity index (χ3n) is 1.43. The van der Waals surface area contributed by atoms with Gasteiger partial charge in [-0.2, -0.15) is 8.42 Å². The summed E-state index contributed by atoms with van der Waals surface area (Å²) in [6.07, 6.45) is 1.29. The van der Waals surface area contributed by atoms with E-state index in [0.717, 1.165) is 0 Å². The first-order chi connectivity index (χ1) is 4.85. The molecule has 5 nitrogen and oxygen atoms in total. The Bertz CT molecular complexity index is 294. The van der Waals surface area contributed by atoms with Crippen LogP contribution >= 0.6 is 0 Å². The summed E-state index contributed by atoms with van der Waals surface area (Å²) in [4.78, 5) is 3.16. The molecule has 0 saturated carbocycles. The van der Waals surface area contributed by atoms with Crippen molar-refractivity contribution in [3.05, 3.63) is 11.8 Å². The van der Waals surface area contributed by atoms with E-state index in [4.69, 9.17) is 4.55 Å². The van der Waals surface area contributed by atoms with Gasteiger partial charge in [0.1, 0.15) is 5.76 Å². The molecular weight excluding hydrogens is 170 g/mol. The molecule has 6 heteroatoms. The fourth-order valence-corrected chi connectivity index (χ4v) is 1.22. The van der Waals surface area contributed by atoms with Gasteiger partial charge in [0.25, 0.3) is 10.1 Å². The summed E-state index contributed by atoms with van der Waals surface area (Å²) < 4.78 is 30.0. The topological polar surface area (TPSA) is 75.6 Å². The second-order valence-electron chi connectivity index (χ2n) is 2.54. The predicted molar refractivity (Wildman–Crippen MR) is 37.9 cm³/mol. The highest BCUT2D eigenvalue weighted by atomic mass is 32.2. The molecule has 1 aliphatic rings. The first-order valence-electron chi connectivity index (χ1n) is 2.96. The third-order valence-corrected chi connectivity index (χ3v) is 2.70. The molecule has 0 saturated heterocycles. The maximum Gasteiger partial charge on any atom is 0.290 e. The predicted octanol–water partition coefficient (Wildman–Crippen LogP) is 0.0290. The van der Waals surface area contributed by atoms with Crippen molar-refractivity contribution in [3.63, 3.8) is 0 Å². The standard InChI is InChI=1S/C5H9NO4S/c1-4-3-5(2,6-10-4)11(7,8)9/h3,6H,1-2H3,(H,7,8,9). The Hall–Kier alpha value is -0.590. The maximum absolute atomic E-state index is 10.7. The average Bonchev–Trinajstić information content (AvgIpc) is 2.10. The molecule has 1 aliphatic heterocycles. The van der Waals surface area contributed by atoms with Gasteiger partial charge in [0.2, 0.25) is 0 Å². The van der Waals surface area contributed by atoms with Crippen LogP contribution in [0.5, 0.6) is 0 Å². The Morgan fingerprint density at radius 2 is 2.27 bits per heavy atom. The summed E-state index contributed by atoms with van der Waals surface area (Å²) in [5, 5.41) is 0. The van der Waals surface area contributed by atoms with E-state index in [-0.39, 0.29) is 0 Å². The minimum Gasteiger partial charge on any atom is -0.412 e. The zero-order valence-corrected chi connectivity index (χ0v) is 6.97. The van der Waals surface area contributed by atoms with Gasteiger partial charge in [-0.05, 0) is 19.9 Å². The number of hydrogen-bond donors (Lipinski definition) is 2. The van der Waals surface area contributed by atoms with E-state index >= 15 is 0 Å². The van der Waals surface area contributed by atoms with Gasteiger partial charge in [-0.25, -0.2) is 0 Å². The maximum atomic E-state index is 10.7. The molecular formula is C5H9NO4S. The van der Waals surface area contributed by atoms with Gasteiger partial charge in [-0.15, -0.1) is 5.48 Å². The molecule has 0 aromatic rings. The van der Waals surface area contributed by atoms with Crippen LogP contribution in [0.25, 0.3) is 0 Å². The smallest absolute Gasteiger partial charge is 0.290 e. The highest BCUT2D eigenvalue weighted by Gasteiger charge is 2.40. The zero-order chi connectivity index (χ0) is 8.70. The van der Waals surface area contributed by atoms with Crippen molar-refractivity contribution < 1.29 is 17.8 Å². The minimum atomic E-state index is -4.15. The van der Waals surface area contributed by atoms with Gasteiger partial charge < -0.3 is 4.84 Å². The van der Waals surface area contributed by atoms with E-state index in [2.05, 4.69) is 10.3 Å². The molecule has 0 radical (unpaired) electrons. The fraction of sp³-hybridized carbons (Fsp3) is 0.600. The molecule has 0 fully saturated rings. The van der Waals surface area contributed by atoms with Crippen LogP contribution in [0.2, 0.25) is 0 Å². The summed E-state index contributed by atoms with van der Waals surface area (Å²) in [6, 6.07) is 0. The van der Waals surface area contributed by atoms with Crippen molar-refractivity contribution in [1.29, 1.82) is 0 Å². The fourth-order valence-electron chi connectivity index (χ4n) is 0.756. The first-order valence-corrected chi connectivity index (χ1v) is 4.40. The quantitative estimate of drug-likeness (QED) is 0.555. The van der Waals surface area contributed by atoms with Crippen LogP contribution in [-0.4, -0.2) is 17.8 Å². The number of nitrogens with one attached hydrogen (secondary N) is 1. The number of allylic oxidation sites excluding steroid dienone is 1. The van der Waals surface area contributed by atoms with Gasteiger partial charge in [0.15, 0.2) is 4.87 Å². The Balaban J connectivity index is 3.05. The Morgan fingerprint density at radius 1 is 1.73 bits per heavy atom. The van der Waals surface area contributed by atoms with Crippen LogP contribution in [0.4, 0.5) is 0 Å². The van der Waals surface area contributed by atoms with Crippen molar-refractivity contribution in [2.75, 3.05) is 0 Å². The molecule has 0 aromatic heterocycles. The summed E-state index contributed by atoms with van der Waals surface area (Å²) in [7, 11) is -4.15. The SMILES string of the molecule is CC1=CC(C)(S(=O)(=O)O)NO1. The summed E-state index contributed by atoms with van der Waals surface area (Å²) in [6.45, 7) is 2.89. The Kier molecular flexibility index (Phi) is 1.70. The van der Waals surface area contributed by atoms with Crippen molar-refractivity contribution in [3.8, 4) is 0 Å². The number of hydroxylamine groups is 1. The van der Waals surface area contributed by atoms with Gasteiger partial charge in [0, 0.05) is 0 Å². The lowest BCUT2D eigenvalue weighted by molar-refractivity contribution is 0.107. The molecule has 0 amide bonds. The van der Waals surface area contributed by atoms with E-state index in [0.29, 0.717) is 5.76 Å². The van der Waals surface area contributed by atoms with Crippen LogP contribution in [-0.2, 0) is 15.0 Å². The number of rotatable bonds is 1. The summed E-state index contributed by atoms with van der Waals surface area (Å²) in [5.74, 6) is 0.421. The van der Waals surface area contributed by atoms with Gasteiger partial charge in [-0.1, -0.05) is 0 Å². The molecule has 1 rings (SSSR count). The largest absolute Gasteiger partial charge is 0.412 e. The van der Waals surface area contributed by atoms with Crippen molar-refractivity contribution in [1.82, 2.24) is 5.48 Å². The van der Waals surface area contributed by atoms with E-state index in [1.807, 2.05) is 0 Å². The van der Waals surface area contributed by atoms with E-state index in [1.54, 1.807) is 6.92 Å². The van der Waals surface area contributed by atoms with Crippen LogP contribution in [0, 0.1) is 0 Å². The van der Waals surface area contributed by atoms with Gasteiger partial charge in [-0.3, -0.25) is 4.55 Å². The minimum absolute atomic E-state index is 0.421. The van der Waals surface area contributed by atoms with Crippen LogP contribution in [0.3, 0.4) is 0 Å². The first kappa shape index (κ1) is 8.51. The number of hydrogen-bond acceptors (Lipinski definition) is 4. The Labute approximate surface area is 64.7 Å². The lowest BCUT2D eigenvalue weighted by Crippen LogP contribution is -2.43. The Morgan fingerprint density at radius 3 is 2.45 bits per heavy atom. The second kappa shape index (κ2) is 2.20. The van der Waals surface area contributed by atoms with E-state index in [9.17, 15) is 8.42 Å². The van der Waals surface area contributed by atoms with Crippen LogP contribution in [0.15, 0.2) is 11.8 Å². The third kappa shape index (κ3) is 1.37. The second-order valence-corrected chi connectivity index (χ2v) is 4.34. The molecule has 0 aliphatic carbocycles. The normalized spacial score (nSPS) is 31.4. The average molecular weight is 179 g/mol. The van der Waals surface area contributed by atoms with Crippen molar-refractivity contribution in [2.24, 2.45) is 0 Å². The van der Waals surface area contributed by atoms with Gasteiger partial charge in [0.05, 0.1) is 0 Å². The lowest BCUT2D eigenvalue weighted by atomic mass is 10.3. The molecule has 0 spiro atoms. The van der Waals surface area contributed by atoms with Crippen LogP contribution in [0.1, 0.15) is 13.8 Å². The molecule has 0 bridgehead atoms. The highest BCUT2D eigenvalue weighted by molar-refractivity contribution is 7.87. The molecule has 2 N–H and O–H groups in total. The summed E-state index contributed by atoms with van der Waals surface area (Å²) in [5.41, 5.74) is 2.19. The van der Waals surface area contributed by atoms with Crippen molar-refractivity contribution >= 4 is 10.1 Å². The van der Waals surface area contributed by atoms with Crippen molar-refractivity contribution in [2.45, 2.75) is 18.7 Å². The van der Waals surface area contributed by atoms with Crippen LogP contribution < -0.4 is 5.48 Å². The van der Waals surface area contributed by atoms with E-state index < -0.39 is 15.0 Å². The lowest BCUT2D eigenvalue weighted by Gasteiger charge is -2.15. The zero-order valence-electron chi connectivity index (χ0n) is 6.16. The molecule has 1 atom stereocenters. The molecule has 1 heterocycles. The van der Waals surface area contributed by atoms with Gasteiger partial charge >= 0.3 is 0 Å². The summed E-state index contributed by atoms with van der Waals surface area (Å²) >= 11 is 0. The molecule has 0 aromatic carbocycles. The van der Waals surface area contributed by atoms with E-state index in [1.165, 1.54) is 13.0 Å².